The Bertz CT molecular complexity index is 353. The first-order valence-corrected chi connectivity index (χ1v) is 8.71. The molecule has 17 heavy (non-hydrogen) atoms. The Morgan fingerprint density at radius 2 is 2.29 bits per heavy atom. The van der Waals surface area contributed by atoms with Crippen molar-refractivity contribution >= 4 is 34.7 Å². The van der Waals surface area contributed by atoms with Crippen LogP contribution in [0.1, 0.15) is 43.5 Å². The van der Waals surface area contributed by atoms with Gasteiger partial charge in [-0.15, -0.1) is 11.3 Å². The van der Waals surface area contributed by atoms with E-state index in [9.17, 15) is 0 Å². The molecule has 1 fully saturated rings. The van der Waals surface area contributed by atoms with Crippen molar-refractivity contribution in [3.8, 4) is 0 Å². The highest BCUT2D eigenvalue weighted by molar-refractivity contribution is 7.99. The van der Waals surface area contributed by atoms with Gasteiger partial charge in [-0.2, -0.15) is 11.8 Å². The number of hydrogen-bond acceptors (Lipinski definition) is 3. The number of rotatable bonds is 4. The van der Waals surface area contributed by atoms with E-state index in [-0.39, 0.29) is 0 Å². The summed E-state index contributed by atoms with van der Waals surface area (Å²) in [7, 11) is 0. The van der Waals surface area contributed by atoms with Crippen LogP contribution in [0.25, 0.3) is 0 Å². The summed E-state index contributed by atoms with van der Waals surface area (Å²) < 4.78 is 0.888. The average molecular weight is 290 g/mol. The fourth-order valence-corrected chi connectivity index (χ4v) is 4.41. The minimum absolute atomic E-state index is 0.429. The molecule has 96 valence electrons. The van der Waals surface area contributed by atoms with Crippen LogP contribution in [0.15, 0.2) is 12.1 Å². The number of halogens is 1. The van der Waals surface area contributed by atoms with E-state index < -0.39 is 0 Å². The van der Waals surface area contributed by atoms with Gasteiger partial charge in [0.25, 0.3) is 0 Å². The van der Waals surface area contributed by atoms with Gasteiger partial charge in [-0.25, -0.2) is 0 Å². The van der Waals surface area contributed by atoms with Crippen molar-refractivity contribution < 1.29 is 0 Å². The molecule has 1 saturated carbocycles. The molecule has 1 nitrogen and oxygen atoms in total. The van der Waals surface area contributed by atoms with E-state index in [1.54, 1.807) is 11.3 Å². The van der Waals surface area contributed by atoms with E-state index in [4.69, 9.17) is 11.6 Å². The third kappa shape index (κ3) is 3.88. The van der Waals surface area contributed by atoms with E-state index in [1.165, 1.54) is 30.6 Å². The van der Waals surface area contributed by atoms with Gasteiger partial charge in [-0.05, 0) is 44.6 Å². The van der Waals surface area contributed by atoms with Crippen molar-refractivity contribution in [2.45, 2.75) is 49.9 Å². The maximum Gasteiger partial charge on any atom is 0.0931 e. The lowest BCUT2D eigenvalue weighted by Gasteiger charge is -2.30. The highest BCUT2D eigenvalue weighted by Crippen LogP contribution is 2.30. The van der Waals surface area contributed by atoms with Crippen LogP contribution in [0.3, 0.4) is 0 Å². The number of nitrogens with one attached hydrogen (secondary N) is 1. The Hall–Kier alpha value is 0.300. The molecule has 0 bridgehead atoms. The van der Waals surface area contributed by atoms with Gasteiger partial charge >= 0.3 is 0 Å². The molecule has 1 heterocycles. The molecule has 4 heteroatoms. The van der Waals surface area contributed by atoms with Gasteiger partial charge in [0.2, 0.25) is 0 Å². The summed E-state index contributed by atoms with van der Waals surface area (Å²) in [5.74, 6) is 0. The third-order valence-electron chi connectivity index (χ3n) is 3.47. The van der Waals surface area contributed by atoms with Gasteiger partial charge in [0.05, 0.1) is 4.34 Å². The van der Waals surface area contributed by atoms with E-state index in [2.05, 4.69) is 24.6 Å². The molecule has 1 aliphatic carbocycles. The van der Waals surface area contributed by atoms with Crippen LogP contribution in [-0.4, -0.2) is 17.5 Å². The molecular formula is C13H20ClNS2. The maximum atomic E-state index is 5.98. The van der Waals surface area contributed by atoms with E-state index >= 15 is 0 Å². The lowest BCUT2D eigenvalue weighted by atomic mass is 9.94. The van der Waals surface area contributed by atoms with Crippen molar-refractivity contribution in [1.29, 1.82) is 0 Å². The van der Waals surface area contributed by atoms with Gasteiger partial charge in [-0.1, -0.05) is 18.0 Å². The second-order valence-electron chi connectivity index (χ2n) is 4.75. The molecule has 1 N–H and O–H groups in total. The third-order valence-corrected chi connectivity index (χ3v) is 5.97. The largest absolute Gasteiger partial charge is 0.307 e. The molecule has 0 aromatic carbocycles. The van der Waals surface area contributed by atoms with Crippen molar-refractivity contribution in [3.63, 3.8) is 0 Å². The molecule has 0 aliphatic heterocycles. The minimum Gasteiger partial charge on any atom is -0.307 e. The zero-order valence-electron chi connectivity index (χ0n) is 10.4. The molecule has 0 amide bonds. The zero-order valence-corrected chi connectivity index (χ0v) is 12.8. The van der Waals surface area contributed by atoms with Gasteiger partial charge in [0.15, 0.2) is 0 Å². The van der Waals surface area contributed by atoms with Gasteiger partial charge < -0.3 is 5.32 Å². The van der Waals surface area contributed by atoms with Crippen LogP contribution in [-0.2, 0) is 0 Å². The monoisotopic (exact) mass is 289 g/mol. The molecule has 0 saturated heterocycles. The molecule has 0 spiro atoms. The average Bonchev–Trinajstić information content (AvgIpc) is 2.76. The van der Waals surface area contributed by atoms with Gasteiger partial charge in [0, 0.05) is 22.2 Å². The smallest absolute Gasteiger partial charge is 0.0931 e. The molecule has 3 unspecified atom stereocenters. The quantitative estimate of drug-likeness (QED) is 0.860. The summed E-state index contributed by atoms with van der Waals surface area (Å²) in [5.41, 5.74) is 0. The Balaban J connectivity index is 1.87. The van der Waals surface area contributed by atoms with E-state index in [1.807, 2.05) is 17.8 Å². The predicted molar refractivity (Wildman–Crippen MR) is 80.4 cm³/mol. The Labute approximate surface area is 117 Å². The van der Waals surface area contributed by atoms with E-state index in [0.717, 1.165) is 9.59 Å². The maximum absolute atomic E-state index is 5.98. The molecule has 1 aromatic heterocycles. The Kier molecular flexibility index (Phi) is 5.22. The summed E-state index contributed by atoms with van der Waals surface area (Å²) >= 11 is 9.69. The molecule has 1 aromatic rings. The predicted octanol–water partition coefficient (Wildman–Crippen LogP) is 4.73. The number of hydrogen-bond donors (Lipinski definition) is 1. The summed E-state index contributed by atoms with van der Waals surface area (Å²) in [6.07, 6.45) is 7.61. The fraction of sp³-hybridized carbons (Fsp3) is 0.692. The topological polar surface area (TPSA) is 12.0 Å². The normalized spacial score (nSPS) is 27.0. The molecule has 1 aliphatic rings. The summed E-state index contributed by atoms with van der Waals surface area (Å²) in [6, 6.07) is 5.24. The van der Waals surface area contributed by atoms with Crippen LogP contribution in [0, 0.1) is 0 Å². The van der Waals surface area contributed by atoms with Crippen LogP contribution >= 0.6 is 34.7 Å². The SMILES string of the molecule is CSC1CCCC(NC(C)c2ccc(Cl)s2)C1. The summed E-state index contributed by atoms with van der Waals surface area (Å²) in [5, 5.41) is 4.60. The first-order valence-electron chi connectivity index (χ1n) is 6.23. The fourth-order valence-electron chi connectivity index (χ4n) is 2.51. The first kappa shape index (κ1) is 13.7. The van der Waals surface area contributed by atoms with Crippen LogP contribution in [0.5, 0.6) is 0 Å². The standard InChI is InChI=1S/C13H20ClNS2/c1-9(12-6-7-13(14)17-12)15-10-4-3-5-11(8-10)16-2/h6-7,9-11,15H,3-5,8H2,1-2H3. The van der Waals surface area contributed by atoms with Crippen molar-refractivity contribution in [2.75, 3.05) is 6.26 Å². The van der Waals surface area contributed by atoms with Crippen LogP contribution in [0.4, 0.5) is 0 Å². The zero-order chi connectivity index (χ0) is 12.3. The Morgan fingerprint density at radius 1 is 1.47 bits per heavy atom. The molecule has 3 atom stereocenters. The Morgan fingerprint density at radius 3 is 2.94 bits per heavy atom. The van der Waals surface area contributed by atoms with Crippen molar-refractivity contribution in [3.05, 3.63) is 21.3 Å². The number of thioether (sulfide) groups is 1. The van der Waals surface area contributed by atoms with Crippen LogP contribution < -0.4 is 5.32 Å². The minimum atomic E-state index is 0.429. The van der Waals surface area contributed by atoms with Crippen molar-refractivity contribution in [2.24, 2.45) is 0 Å². The van der Waals surface area contributed by atoms with Gasteiger partial charge in [-0.3, -0.25) is 0 Å². The molecular weight excluding hydrogens is 270 g/mol. The summed E-state index contributed by atoms with van der Waals surface area (Å²) in [4.78, 5) is 1.35. The van der Waals surface area contributed by atoms with Crippen molar-refractivity contribution in [1.82, 2.24) is 5.32 Å². The number of thiophene rings is 1. The second-order valence-corrected chi connectivity index (χ2v) is 7.64. The van der Waals surface area contributed by atoms with E-state index in [0.29, 0.717) is 12.1 Å². The lowest BCUT2D eigenvalue weighted by molar-refractivity contribution is 0.355. The highest BCUT2D eigenvalue weighted by Gasteiger charge is 2.22. The van der Waals surface area contributed by atoms with Crippen LogP contribution in [0.2, 0.25) is 4.34 Å². The molecule has 2 rings (SSSR count). The second kappa shape index (κ2) is 6.46. The van der Waals surface area contributed by atoms with Gasteiger partial charge in [0.1, 0.15) is 0 Å². The summed E-state index contributed by atoms with van der Waals surface area (Å²) in [6.45, 7) is 2.24. The lowest BCUT2D eigenvalue weighted by Crippen LogP contribution is -2.36. The highest BCUT2D eigenvalue weighted by atomic mass is 35.5. The first-order chi connectivity index (χ1) is 8.19. The molecule has 0 radical (unpaired) electrons.